The largest absolute Gasteiger partial charge is 0.386 e. The first-order valence-corrected chi connectivity index (χ1v) is 4.62. The van der Waals surface area contributed by atoms with E-state index >= 15 is 0 Å². The zero-order valence-electron chi connectivity index (χ0n) is 6.08. The van der Waals surface area contributed by atoms with Gasteiger partial charge in [-0.25, -0.2) is 0 Å². The van der Waals surface area contributed by atoms with Crippen molar-refractivity contribution < 1.29 is 18.1 Å². The molecule has 0 aliphatic heterocycles. The highest BCUT2D eigenvalue weighted by Gasteiger charge is 2.43. The molecule has 68 valence electrons. The highest BCUT2D eigenvalue weighted by atomic mass is 32.2. The van der Waals surface area contributed by atoms with E-state index in [2.05, 4.69) is 0 Å². The maximum Gasteiger partial charge on any atom is 0.290 e. The third-order valence-electron chi connectivity index (χ3n) is 1.67. The predicted molar refractivity (Wildman–Crippen MR) is 42.8 cm³/mol. The number of allylic oxidation sites excluding steroid dienone is 2. The molecule has 6 heteroatoms. The smallest absolute Gasteiger partial charge is 0.290 e. The fourth-order valence-corrected chi connectivity index (χ4v) is 1.50. The van der Waals surface area contributed by atoms with Crippen LogP contribution in [-0.2, 0) is 10.1 Å². The third kappa shape index (κ3) is 1.29. The van der Waals surface area contributed by atoms with Crippen LogP contribution in [0.1, 0.15) is 0 Å². The Bertz CT molecular complexity index is 331. The number of aliphatic hydroxyl groups is 1. The monoisotopic (exact) mass is 191 g/mol. The minimum atomic E-state index is -4.48. The Morgan fingerprint density at radius 3 is 2.33 bits per heavy atom. The van der Waals surface area contributed by atoms with Crippen molar-refractivity contribution in [2.24, 2.45) is 5.73 Å². The molecule has 0 aromatic carbocycles. The first-order chi connectivity index (χ1) is 5.38. The van der Waals surface area contributed by atoms with Crippen LogP contribution in [0.25, 0.3) is 0 Å². The van der Waals surface area contributed by atoms with Gasteiger partial charge in [-0.05, 0) is 6.08 Å². The standard InChI is InChI=1S/C6H9NO4S/c7-6(12(9,10)11)4-2-1-3-5(6)8/h1-5,8H,7H2,(H,9,10,11). The molecule has 0 aromatic heterocycles. The van der Waals surface area contributed by atoms with E-state index in [1.165, 1.54) is 18.2 Å². The van der Waals surface area contributed by atoms with Gasteiger partial charge in [-0.1, -0.05) is 18.2 Å². The molecule has 2 atom stereocenters. The molecule has 4 N–H and O–H groups in total. The van der Waals surface area contributed by atoms with Gasteiger partial charge < -0.3 is 10.8 Å². The third-order valence-corrected chi connectivity index (χ3v) is 2.94. The Labute approximate surface area is 69.9 Å². The predicted octanol–water partition coefficient (Wildman–Crippen LogP) is -0.984. The summed E-state index contributed by atoms with van der Waals surface area (Å²) in [6.07, 6.45) is 3.60. The fourth-order valence-electron chi connectivity index (χ4n) is 0.863. The van der Waals surface area contributed by atoms with Crippen LogP contribution < -0.4 is 5.73 Å². The van der Waals surface area contributed by atoms with Crippen molar-refractivity contribution >= 4 is 10.1 Å². The van der Waals surface area contributed by atoms with E-state index in [0.29, 0.717) is 0 Å². The van der Waals surface area contributed by atoms with E-state index in [4.69, 9.17) is 15.4 Å². The quantitative estimate of drug-likeness (QED) is 0.462. The van der Waals surface area contributed by atoms with E-state index < -0.39 is 21.1 Å². The van der Waals surface area contributed by atoms with Crippen LogP contribution in [0, 0.1) is 0 Å². The lowest BCUT2D eigenvalue weighted by molar-refractivity contribution is 0.183. The Hall–Kier alpha value is -0.690. The molecule has 12 heavy (non-hydrogen) atoms. The number of aliphatic hydroxyl groups excluding tert-OH is 1. The molecule has 2 unspecified atom stereocenters. The summed E-state index contributed by atoms with van der Waals surface area (Å²) in [6.45, 7) is 0. The molecule has 0 amide bonds. The van der Waals surface area contributed by atoms with Crippen LogP contribution in [0.2, 0.25) is 0 Å². The van der Waals surface area contributed by atoms with Crippen LogP contribution in [0.3, 0.4) is 0 Å². The van der Waals surface area contributed by atoms with Crippen LogP contribution in [0.5, 0.6) is 0 Å². The van der Waals surface area contributed by atoms with E-state index in [9.17, 15) is 8.42 Å². The first kappa shape index (κ1) is 9.40. The minimum Gasteiger partial charge on any atom is -0.386 e. The highest BCUT2D eigenvalue weighted by Crippen LogP contribution is 2.20. The van der Waals surface area contributed by atoms with E-state index in [1.54, 1.807) is 0 Å². The van der Waals surface area contributed by atoms with Gasteiger partial charge >= 0.3 is 0 Å². The van der Waals surface area contributed by atoms with Crippen LogP contribution >= 0.6 is 0 Å². The van der Waals surface area contributed by atoms with Gasteiger partial charge in [0.2, 0.25) is 0 Å². The molecule has 1 aliphatic carbocycles. The second kappa shape index (κ2) is 2.67. The van der Waals surface area contributed by atoms with Crippen molar-refractivity contribution in [3.8, 4) is 0 Å². The average molecular weight is 191 g/mol. The molecule has 0 saturated heterocycles. The van der Waals surface area contributed by atoms with Gasteiger partial charge in [-0.3, -0.25) is 4.55 Å². The molecule has 0 aromatic rings. The number of hydrogen-bond donors (Lipinski definition) is 3. The lowest BCUT2D eigenvalue weighted by Gasteiger charge is -2.27. The molecule has 1 aliphatic rings. The summed E-state index contributed by atoms with van der Waals surface area (Å²) in [5, 5.41) is 9.16. The summed E-state index contributed by atoms with van der Waals surface area (Å²) >= 11 is 0. The first-order valence-electron chi connectivity index (χ1n) is 3.18. The molecule has 5 nitrogen and oxygen atoms in total. The normalized spacial score (nSPS) is 35.4. The molecular formula is C6H9NO4S. The molecule has 0 spiro atoms. The van der Waals surface area contributed by atoms with Gasteiger partial charge in [0, 0.05) is 0 Å². The molecule has 0 fully saturated rings. The average Bonchev–Trinajstić information content (AvgIpc) is 1.93. The molecular weight excluding hydrogens is 182 g/mol. The topological polar surface area (TPSA) is 101 Å². The second-order valence-electron chi connectivity index (χ2n) is 2.52. The van der Waals surface area contributed by atoms with Crippen molar-refractivity contribution in [3.63, 3.8) is 0 Å². The van der Waals surface area contributed by atoms with Crippen LogP contribution in [0.15, 0.2) is 24.3 Å². The number of nitrogens with two attached hydrogens (primary N) is 1. The van der Waals surface area contributed by atoms with Gasteiger partial charge in [-0.15, -0.1) is 0 Å². The molecule has 0 saturated carbocycles. The van der Waals surface area contributed by atoms with Crippen molar-refractivity contribution in [1.82, 2.24) is 0 Å². The molecule has 1 rings (SSSR count). The van der Waals surface area contributed by atoms with Gasteiger partial charge in [0.15, 0.2) is 4.87 Å². The van der Waals surface area contributed by atoms with Gasteiger partial charge in [0.1, 0.15) is 6.10 Å². The Morgan fingerprint density at radius 1 is 1.42 bits per heavy atom. The van der Waals surface area contributed by atoms with E-state index in [0.717, 1.165) is 6.08 Å². The molecule has 0 heterocycles. The second-order valence-corrected chi connectivity index (χ2v) is 4.17. The number of rotatable bonds is 1. The van der Waals surface area contributed by atoms with Crippen molar-refractivity contribution in [3.05, 3.63) is 24.3 Å². The van der Waals surface area contributed by atoms with Crippen molar-refractivity contribution in [1.29, 1.82) is 0 Å². The summed E-state index contributed by atoms with van der Waals surface area (Å²) < 4.78 is 30.1. The lowest BCUT2D eigenvalue weighted by atomic mass is 10.1. The molecule has 0 radical (unpaired) electrons. The van der Waals surface area contributed by atoms with Crippen LogP contribution in [-0.4, -0.2) is 29.1 Å². The SMILES string of the molecule is NC1(S(=O)(=O)O)C=CC=CC1O. The Morgan fingerprint density at radius 2 is 2.00 bits per heavy atom. The fraction of sp³-hybridized carbons (Fsp3) is 0.333. The minimum absolute atomic E-state index is 1.03. The molecule has 0 bridgehead atoms. The summed E-state index contributed by atoms with van der Waals surface area (Å²) in [4.78, 5) is -2.11. The Kier molecular flexibility index (Phi) is 2.09. The van der Waals surface area contributed by atoms with Gasteiger partial charge in [-0.2, -0.15) is 8.42 Å². The zero-order chi connectivity index (χ0) is 9.41. The van der Waals surface area contributed by atoms with E-state index in [-0.39, 0.29) is 0 Å². The summed E-state index contributed by atoms with van der Waals surface area (Å²) in [5.74, 6) is 0. The maximum absolute atomic E-state index is 10.7. The Balaban J connectivity index is 3.16. The summed E-state index contributed by atoms with van der Waals surface area (Å²) in [7, 11) is -4.48. The van der Waals surface area contributed by atoms with E-state index in [1.807, 2.05) is 0 Å². The van der Waals surface area contributed by atoms with Crippen LogP contribution in [0.4, 0.5) is 0 Å². The van der Waals surface area contributed by atoms with Crippen molar-refractivity contribution in [2.45, 2.75) is 11.0 Å². The maximum atomic E-state index is 10.7. The van der Waals surface area contributed by atoms with Gasteiger partial charge in [0.05, 0.1) is 0 Å². The summed E-state index contributed by atoms with van der Waals surface area (Å²) in [5.41, 5.74) is 5.25. The summed E-state index contributed by atoms with van der Waals surface area (Å²) in [6, 6.07) is 0. The zero-order valence-corrected chi connectivity index (χ0v) is 6.90. The highest BCUT2D eigenvalue weighted by molar-refractivity contribution is 7.87. The number of hydrogen-bond acceptors (Lipinski definition) is 4. The van der Waals surface area contributed by atoms with Gasteiger partial charge in [0.25, 0.3) is 10.1 Å². The lowest BCUT2D eigenvalue weighted by Crippen LogP contribution is -2.55. The van der Waals surface area contributed by atoms with Crippen molar-refractivity contribution in [2.75, 3.05) is 0 Å².